The monoisotopic (exact) mass is 451 g/mol. The predicted octanol–water partition coefficient (Wildman–Crippen LogP) is 5.20. The number of aliphatic imine (C=N–C) groups is 1. The minimum atomic E-state index is -0.666. The Balaban J connectivity index is 1.57. The van der Waals surface area contributed by atoms with Gasteiger partial charge in [0, 0.05) is 6.42 Å². The van der Waals surface area contributed by atoms with Gasteiger partial charge in [0.15, 0.2) is 5.17 Å². The summed E-state index contributed by atoms with van der Waals surface area (Å²) in [5.74, 6) is -0.585. The topological polar surface area (TPSA) is 74.9 Å². The minimum absolute atomic E-state index is 0.0877. The third kappa shape index (κ3) is 4.75. The molecule has 2 heterocycles. The average Bonchev–Trinajstić information content (AvgIpc) is 3.37. The highest BCUT2D eigenvalue weighted by Crippen LogP contribution is 2.34. The maximum Gasteiger partial charge on any atom is 0.243 e. The van der Waals surface area contributed by atoms with E-state index >= 15 is 0 Å². The van der Waals surface area contributed by atoms with Crippen LogP contribution in [0.3, 0.4) is 0 Å². The Hall–Kier alpha value is -3.39. The number of para-hydroxylation sites is 1. The summed E-state index contributed by atoms with van der Waals surface area (Å²) < 4.78 is 19.3. The fraction of sp³-hybridized carbons (Fsp3) is 0.208. The van der Waals surface area contributed by atoms with Crippen molar-refractivity contribution in [3.63, 3.8) is 0 Å². The number of rotatable bonds is 6. The van der Waals surface area contributed by atoms with Gasteiger partial charge in [0.25, 0.3) is 0 Å². The molecule has 0 saturated carbocycles. The molecule has 164 valence electrons. The van der Waals surface area contributed by atoms with Gasteiger partial charge in [0.2, 0.25) is 11.8 Å². The molecule has 1 aliphatic heterocycles. The van der Waals surface area contributed by atoms with Crippen molar-refractivity contribution in [2.75, 3.05) is 5.32 Å². The molecular weight excluding hydrogens is 429 g/mol. The first-order valence-electron chi connectivity index (χ1n) is 10.1. The summed E-state index contributed by atoms with van der Waals surface area (Å²) in [6.45, 7) is 4.20. The standard InChI is InChI=1S/C24H22FN3O3S/c1-15-7-5-11-19(16(15)2)27-24-28(14-17-8-6-12-31-17)23(30)21(32-24)13-22(29)26-20-10-4-3-9-18(20)25/h3-12,21H,13-14H2,1-2H3,(H,26,29). The van der Waals surface area contributed by atoms with E-state index in [1.165, 1.54) is 28.8 Å². The molecular formula is C24H22FN3O3S. The summed E-state index contributed by atoms with van der Waals surface area (Å²) in [6, 6.07) is 15.3. The molecule has 0 spiro atoms. The van der Waals surface area contributed by atoms with Crippen molar-refractivity contribution < 1.29 is 18.4 Å². The lowest BCUT2D eigenvalue weighted by Crippen LogP contribution is -2.33. The largest absolute Gasteiger partial charge is 0.467 e. The molecule has 1 aliphatic rings. The SMILES string of the molecule is Cc1cccc(N=C2SC(CC(=O)Nc3ccccc3F)C(=O)N2Cc2ccco2)c1C. The molecule has 1 N–H and O–H groups in total. The van der Waals surface area contributed by atoms with Crippen LogP contribution in [-0.4, -0.2) is 27.1 Å². The molecule has 3 aromatic rings. The lowest BCUT2D eigenvalue weighted by atomic mass is 10.1. The molecule has 1 unspecified atom stereocenters. The zero-order valence-corrected chi connectivity index (χ0v) is 18.5. The lowest BCUT2D eigenvalue weighted by Gasteiger charge is -2.15. The second-order valence-electron chi connectivity index (χ2n) is 7.46. The first-order valence-corrected chi connectivity index (χ1v) is 11.0. The van der Waals surface area contributed by atoms with E-state index in [1.54, 1.807) is 30.5 Å². The van der Waals surface area contributed by atoms with E-state index < -0.39 is 17.0 Å². The molecule has 2 aromatic carbocycles. The number of aryl methyl sites for hydroxylation is 1. The second-order valence-corrected chi connectivity index (χ2v) is 8.63. The van der Waals surface area contributed by atoms with Crippen LogP contribution in [0, 0.1) is 19.7 Å². The number of carbonyl (C=O) groups excluding carboxylic acids is 2. The Bertz CT molecular complexity index is 1180. The van der Waals surface area contributed by atoms with Gasteiger partial charge in [-0.15, -0.1) is 0 Å². The summed E-state index contributed by atoms with van der Waals surface area (Å²) in [7, 11) is 0. The summed E-state index contributed by atoms with van der Waals surface area (Å²) in [6.07, 6.45) is 1.45. The summed E-state index contributed by atoms with van der Waals surface area (Å²) in [4.78, 5) is 32.0. The van der Waals surface area contributed by atoms with Gasteiger partial charge in [-0.05, 0) is 55.3 Å². The van der Waals surface area contributed by atoms with Crippen molar-refractivity contribution >= 4 is 40.1 Å². The van der Waals surface area contributed by atoms with Gasteiger partial charge < -0.3 is 9.73 Å². The van der Waals surface area contributed by atoms with E-state index in [1.807, 2.05) is 32.0 Å². The van der Waals surface area contributed by atoms with Crippen LogP contribution in [0.5, 0.6) is 0 Å². The highest BCUT2D eigenvalue weighted by Gasteiger charge is 2.39. The first kappa shape index (κ1) is 21.8. The van der Waals surface area contributed by atoms with Gasteiger partial charge in [-0.3, -0.25) is 14.5 Å². The number of thioether (sulfide) groups is 1. The van der Waals surface area contributed by atoms with Crippen LogP contribution < -0.4 is 5.32 Å². The summed E-state index contributed by atoms with van der Waals surface area (Å²) in [5.41, 5.74) is 2.97. The number of hydrogen-bond acceptors (Lipinski definition) is 5. The number of furan rings is 1. The molecule has 4 rings (SSSR count). The Morgan fingerprint density at radius 3 is 2.72 bits per heavy atom. The molecule has 1 aromatic heterocycles. The van der Waals surface area contributed by atoms with Gasteiger partial charge in [-0.25, -0.2) is 9.38 Å². The van der Waals surface area contributed by atoms with Crippen molar-refractivity contribution in [2.45, 2.75) is 32.1 Å². The van der Waals surface area contributed by atoms with Crippen LogP contribution in [0.1, 0.15) is 23.3 Å². The molecule has 0 bridgehead atoms. The molecule has 2 amide bonds. The molecule has 0 radical (unpaired) electrons. The van der Waals surface area contributed by atoms with Crippen LogP contribution in [0.2, 0.25) is 0 Å². The zero-order chi connectivity index (χ0) is 22.7. The Morgan fingerprint density at radius 2 is 1.97 bits per heavy atom. The van der Waals surface area contributed by atoms with Gasteiger partial charge in [0.05, 0.1) is 24.2 Å². The Kier molecular flexibility index (Phi) is 6.41. The van der Waals surface area contributed by atoms with E-state index in [-0.39, 0.29) is 24.6 Å². The molecule has 1 fully saturated rings. The number of hydrogen-bond donors (Lipinski definition) is 1. The van der Waals surface area contributed by atoms with Crippen LogP contribution in [0.4, 0.5) is 15.8 Å². The number of halogens is 1. The number of nitrogens with zero attached hydrogens (tertiary/aromatic N) is 2. The highest BCUT2D eigenvalue weighted by molar-refractivity contribution is 8.15. The number of amides is 2. The van der Waals surface area contributed by atoms with Crippen molar-refractivity contribution in [1.82, 2.24) is 4.90 Å². The number of nitrogens with one attached hydrogen (secondary N) is 1. The van der Waals surface area contributed by atoms with Gasteiger partial charge in [-0.1, -0.05) is 36.0 Å². The summed E-state index contributed by atoms with van der Waals surface area (Å²) in [5, 5.41) is 2.38. The van der Waals surface area contributed by atoms with Crippen molar-refractivity contribution in [2.24, 2.45) is 4.99 Å². The summed E-state index contributed by atoms with van der Waals surface area (Å²) >= 11 is 1.23. The van der Waals surface area contributed by atoms with E-state index in [9.17, 15) is 14.0 Å². The zero-order valence-electron chi connectivity index (χ0n) is 17.7. The highest BCUT2D eigenvalue weighted by atomic mass is 32.2. The number of anilines is 1. The molecule has 1 atom stereocenters. The molecule has 1 saturated heterocycles. The molecule has 0 aliphatic carbocycles. The van der Waals surface area contributed by atoms with Crippen LogP contribution in [0.25, 0.3) is 0 Å². The Labute approximate surface area is 189 Å². The van der Waals surface area contributed by atoms with Crippen molar-refractivity contribution in [1.29, 1.82) is 0 Å². The maximum absolute atomic E-state index is 13.9. The molecule has 8 heteroatoms. The fourth-order valence-electron chi connectivity index (χ4n) is 3.32. The van der Waals surface area contributed by atoms with Gasteiger partial charge in [0.1, 0.15) is 16.8 Å². The lowest BCUT2D eigenvalue weighted by molar-refractivity contribution is -0.128. The van der Waals surface area contributed by atoms with E-state index in [4.69, 9.17) is 9.41 Å². The van der Waals surface area contributed by atoms with E-state index in [2.05, 4.69) is 5.32 Å². The number of carbonyl (C=O) groups is 2. The minimum Gasteiger partial charge on any atom is -0.467 e. The van der Waals surface area contributed by atoms with Crippen LogP contribution in [-0.2, 0) is 16.1 Å². The third-order valence-electron chi connectivity index (χ3n) is 5.22. The third-order valence-corrected chi connectivity index (χ3v) is 6.40. The average molecular weight is 452 g/mol. The maximum atomic E-state index is 13.9. The van der Waals surface area contributed by atoms with Crippen molar-refractivity contribution in [3.05, 3.63) is 83.6 Å². The van der Waals surface area contributed by atoms with Gasteiger partial charge >= 0.3 is 0 Å². The normalized spacial score (nSPS) is 17.2. The van der Waals surface area contributed by atoms with E-state index in [0.29, 0.717) is 10.9 Å². The molecule has 6 nitrogen and oxygen atoms in total. The second kappa shape index (κ2) is 9.40. The number of amidine groups is 1. The van der Waals surface area contributed by atoms with Crippen LogP contribution >= 0.6 is 11.8 Å². The molecule has 32 heavy (non-hydrogen) atoms. The smallest absolute Gasteiger partial charge is 0.243 e. The Morgan fingerprint density at radius 1 is 1.16 bits per heavy atom. The predicted molar refractivity (Wildman–Crippen MR) is 123 cm³/mol. The van der Waals surface area contributed by atoms with E-state index in [0.717, 1.165) is 16.8 Å². The van der Waals surface area contributed by atoms with Crippen molar-refractivity contribution in [3.8, 4) is 0 Å². The van der Waals surface area contributed by atoms with Gasteiger partial charge in [-0.2, -0.15) is 0 Å². The quantitative estimate of drug-likeness (QED) is 0.559. The number of benzene rings is 2. The first-order chi connectivity index (χ1) is 15.4. The fourth-order valence-corrected chi connectivity index (χ4v) is 4.47. The van der Waals surface area contributed by atoms with Crippen LogP contribution in [0.15, 0.2) is 70.3 Å².